The molecule has 18 heavy (non-hydrogen) atoms. The lowest BCUT2D eigenvalue weighted by atomic mass is 10.2. The van der Waals surface area contributed by atoms with Gasteiger partial charge in [-0.25, -0.2) is 9.59 Å². The number of rotatable bonds is 7. The largest absolute Gasteiger partial charge is 0.480 e. The Kier molecular flexibility index (Phi) is 7.50. The Morgan fingerprint density at radius 3 is 2.28 bits per heavy atom. The van der Waals surface area contributed by atoms with Gasteiger partial charge in [-0.15, -0.1) is 0 Å². The van der Waals surface area contributed by atoms with Crippen molar-refractivity contribution in [2.75, 3.05) is 20.1 Å². The van der Waals surface area contributed by atoms with Crippen LogP contribution in [0.4, 0.5) is 4.79 Å². The van der Waals surface area contributed by atoms with Crippen molar-refractivity contribution in [1.82, 2.24) is 15.5 Å². The number of hydrogen-bond acceptors (Lipinski definition) is 3. The molecule has 0 aliphatic heterocycles. The van der Waals surface area contributed by atoms with Crippen LogP contribution in [0, 0.1) is 0 Å². The van der Waals surface area contributed by atoms with Gasteiger partial charge in [-0.1, -0.05) is 13.8 Å². The zero-order valence-electron chi connectivity index (χ0n) is 11.0. The number of carboxylic acids is 1. The molecule has 3 amide bonds. The number of urea groups is 1. The number of aliphatic carboxylic acids is 1. The Labute approximate surface area is 107 Å². The summed E-state index contributed by atoms with van der Waals surface area (Å²) >= 11 is 0. The van der Waals surface area contributed by atoms with Crippen LogP contribution in [0.3, 0.4) is 0 Å². The van der Waals surface area contributed by atoms with Crippen LogP contribution in [0.1, 0.15) is 26.7 Å². The molecule has 0 saturated heterocycles. The molecule has 104 valence electrons. The predicted octanol–water partition coefficient (Wildman–Crippen LogP) is 0.0172. The summed E-state index contributed by atoms with van der Waals surface area (Å²) < 4.78 is 0. The third-order valence-corrected chi connectivity index (χ3v) is 2.40. The fourth-order valence-electron chi connectivity index (χ4n) is 1.35. The Hall–Kier alpha value is -1.79. The molecule has 0 bridgehead atoms. The Balaban J connectivity index is 4.55. The van der Waals surface area contributed by atoms with E-state index in [4.69, 9.17) is 5.11 Å². The van der Waals surface area contributed by atoms with Crippen LogP contribution in [-0.4, -0.2) is 54.1 Å². The first-order valence-corrected chi connectivity index (χ1v) is 5.95. The van der Waals surface area contributed by atoms with Gasteiger partial charge >= 0.3 is 12.0 Å². The van der Waals surface area contributed by atoms with Crippen LogP contribution in [-0.2, 0) is 9.59 Å². The van der Waals surface area contributed by atoms with E-state index < -0.39 is 18.0 Å². The first-order valence-electron chi connectivity index (χ1n) is 5.95. The summed E-state index contributed by atoms with van der Waals surface area (Å²) in [5.74, 6) is -1.37. The maximum absolute atomic E-state index is 11.8. The molecular formula is C11H21N3O4. The molecular weight excluding hydrogens is 238 g/mol. The van der Waals surface area contributed by atoms with Gasteiger partial charge in [-0.05, 0) is 12.8 Å². The summed E-state index contributed by atoms with van der Waals surface area (Å²) in [4.78, 5) is 35.2. The van der Waals surface area contributed by atoms with E-state index in [0.717, 1.165) is 0 Å². The number of carboxylic acid groups (broad SMARTS) is 1. The van der Waals surface area contributed by atoms with Crippen LogP contribution in [0.5, 0.6) is 0 Å². The fourth-order valence-corrected chi connectivity index (χ4v) is 1.35. The first kappa shape index (κ1) is 16.2. The Morgan fingerprint density at radius 1 is 1.28 bits per heavy atom. The molecule has 0 fully saturated rings. The second kappa shape index (κ2) is 8.32. The van der Waals surface area contributed by atoms with Gasteiger partial charge in [0.1, 0.15) is 12.6 Å². The first-order chi connectivity index (χ1) is 8.46. The number of carbonyl (C=O) groups excluding carboxylic acids is 2. The van der Waals surface area contributed by atoms with E-state index in [0.29, 0.717) is 19.4 Å². The van der Waals surface area contributed by atoms with Crippen molar-refractivity contribution >= 4 is 17.9 Å². The van der Waals surface area contributed by atoms with Gasteiger partial charge in [0.05, 0.1) is 0 Å². The summed E-state index contributed by atoms with van der Waals surface area (Å²) in [6, 6.07) is -1.46. The van der Waals surface area contributed by atoms with Crippen LogP contribution >= 0.6 is 0 Å². The van der Waals surface area contributed by atoms with E-state index >= 15 is 0 Å². The highest BCUT2D eigenvalue weighted by Gasteiger charge is 2.22. The van der Waals surface area contributed by atoms with Crippen molar-refractivity contribution in [2.45, 2.75) is 32.7 Å². The molecule has 0 heterocycles. The molecule has 0 aromatic carbocycles. The topological polar surface area (TPSA) is 98.7 Å². The third-order valence-electron chi connectivity index (χ3n) is 2.40. The zero-order chi connectivity index (χ0) is 14.1. The second-order valence-corrected chi connectivity index (χ2v) is 3.84. The number of nitrogens with one attached hydrogen (secondary N) is 2. The average Bonchev–Trinajstić information content (AvgIpc) is 2.34. The summed E-state index contributed by atoms with van der Waals surface area (Å²) in [5, 5.41) is 13.7. The van der Waals surface area contributed by atoms with E-state index in [-0.39, 0.29) is 12.5 Å². The minimum atomic E-state index is -1.08. The highest BCUT2D eigenvalue weighted by Crippen LogP contribution is 1.97. The van der Waals surface area contributed by atoms with Gasteiger partial charge in [0, 0.05) is 13.6 Å². The van der Waals surface area contributed by atoms with Crippen molar-refractivity contribution in [3.05, 3.63) is 0 Å². The third kappa shape index (κ3) is 5.51. The second-order valence-electron chi connectivity index (χ2n) is 3.84. The van der Waals surface area contributed by atoms with Gasteiger partial charge in [-0.3, -0.25) is 4.79 Å². The van der Waals surface area contributed by atoms with Crippen LogP contribution in [0.15, 0.2) is 0 Å². The lowest BCUT2D eigenvalue weighted by Crippen LogP contribution is -2.50. The van der Waals surface area contributed by atoms with Crippen molar-refractivity contribution in [3.8, 4) is 0 Å². The zero-order valence-corrected chi connectivity index (χ0v) is 11.0. The molecule has 0 saturated carbocycles. The number of likely N-dealkylation sites (N-methyl/N-ethyl adjacent to an activating group) is 1. The number of nitrogens with zero attached hydrogens (tertiary/aromatic N) is 1. The molecule has 0 aliphatic rings. The smallest absolute Gasteiger partial charge is 0.326 e. The van der Waals surface area contributed by atoms with Gasteiger partial charge in [0.15, 0.2) is 0 Å². The molecule has 0 aromatic rings. The van der Waals surface area contributed by atoms with Crippen LogP contribution in [0.2, 0.25) is 0 Å². The molecule has 7 heteroatoms. The lowest BCUT2D eigenvalue weighted by molar-refractivity contribution is -0.139. The predicted molar refractivity (Wildman–Crippen MR) is 66.2 cm³/mol. The normalized spacial score (nSPS) is 11.5. The maximum atomic E-state index is 11.8. The van der Waals surface area contributed by atoms with E-state index in [1.165, 1.54) is 11.9 Å². The van der Waals surface area contributed by atoms with E-state index in [1.54, 1.807) is 6.92 Å². The Bertz CT molecular complexity index is 307. The van der Waals surface area contributed by atoms with E-state index in [2.05, 4.69) is 10.6 Å². The molecule has 0 rings (SSSR count). The number of hydrogen-bond donors (Lipinski definition) is 3. The van der Waals surface area contributed by atoms with E-state index in [1.807, 2.05) is 6.92 Å². The summed E-state index contributed by atoms with van der Waals surface area (Å²) in [6.45, 7) is 3.86. The van der Waals surface area contributed by atoms with Gasteiger partial charge in [0.25, 0.3) is 0 Å². The van der Waals surface area contributed by atoms with Crippen molar-refractivity contribution in [1.29, 1.82) is 0 Å². The summed E-state index contributed by atoms with van der Waals surface area (Å²) in [7, 11) is 1.48. The quantitative estimate of drug-likeness (QED) is 0.600. The molecule has 1 atom stereocenters. The highest BCUT2D eigenvalue weighted by molar-refractivity contribution is 5.86. The molecule has 0 radical (unpaired) electrons. The maximum Gasteiger partial charge on any atom is 0.326 e. The van der Waals surface area contributed by atoms with Gasteiger partial charge in [0.2, 0.25) is 5.91 Å². The monoisotopic (exact) mass is 259 g/mol. The molecule has 1 unspecified atom stereocenters. The molecule has 0 aliphatic carbocycles. The molecule has 0 aromatic heterocycles. The van der Waals surface area contributed by atoms with Crippen molar-refractivity contribution in [3.63, 3.8) is 0 Å². The van der Waals surface area contributed by atoms with Gasteiger partial charge < -0.3 is 20.6 Å². The van der Waals surface area contributed by atoms with Crippen LogP contribution in [0.25, 0.3) is 0 Å². The molecule has 7 nitrogen and oxygen atoms in total. The van der Waals surface area contributed by atoms with Crippen LogP contribution < -0.4 is 10.6 Å². The number of carbonyl (C=O) groups is 3. The minimum absolute atomic E-state index is 0.0772. The number of amides is 3. The fraction of sp³-hybridized carbons (Fsp3) is 0.727. The molecule has 0 spiro atoms. The SMILES string of the molecule is CCCN(CC(=O)NC)C(=O)NC(CC)C(=O)O. The van der Waals surface area contributed by atoms with E-state index in [9.17, 15) is 14.4 Å². The Morgan fingerprint density at radius 2 is 1.89 bits per heavy atom. The van der Waals surface area contributed by atoms with Crippen molar-refractivity contribution in [2.24, 2.45) is 0 Å². The average molecular weight is 259 g/mol. The van der Waals surface area contributed by atoms with Crippen molar-refractivity contribution < 1.29 is 19.5 Å². The summed E-state index contributed by atoms with van der Waals surface area (Å²) in [5.41, 5.74) is 0. The standard InChI is InChI=1S/C11H21N3O4/c1-4-6-14(7-9(15)12-3)11(18)13-8(5-2)10(16)17/h8H,4-7H2,1-3H3,(H,12,15)(H,13,18)(H,16,17). The minimum Gasteiger partial charge on any atom is -0.480 e. The summed E-state index contributed by atoms with van der Waals surface area (Å²) in [6.07, 6.45) is 0.981. The molecule has 3 N–H and O–H groups in total. The lowest BCUT2D eigenvalue weighted by Gasteiger charge is -2.23. The van der Waals surface area contributed by atoms with Gasteiger partial charge in [-0.2, -0.15) is 0 Å². The highest BCUT2D eigenvalue weighted by atomic mass is 16.4.